The van der Waals surface area contributed by atoms with Gasteiger partial charge in [-0.25, -0.2) is 9.97 Å². The molecule has 1 aliphatic heterocycles. The third-order valence-corrected chi connectivity index (χ3v) is 4.17. The summed E-state index contributed by atoms with van der Waals surface area (Å²) in [6, 6.07) is 5.02. The third-order valence-electron chi connectivity index (χ3n) is 3.93. The number of hydrogen-bond acceptors (Lipinski definition) is 4. The van der Waals surface area contributed by atoms with Crippen molar-refractivity contribution in [1.29, 1.82) is 0 Å². The molecule has 8 heteroatoms. The van der Waals surface area contributed by atoms with E-state index in [1.165, 1.54) is 0 Å². The number of rotatable bonds is 3. The molecule has 118 valence electrons. The van der Waals surface area contributed by atoms with E-state index in [0.29, 0.717) is 17.4 Å². The molecule has 0 radical (unpaired) electrons. The minimum Gasteiger partial charge on any atom is -0.348 e. The molecule has 23 heavy (non-hydrogen) atoms. The molecule has 4 rings (SSSR count). The van der Waals surface area contributed by atoms with Gasteiger partial charge >= 0.3 is 0 Å². The van der Waals surface area contributed by atoms with Crippen molar-refractivity contribution in [3.05, 3.63) is 46.8 Å². The van der Waals surface area contributed by atoms with E-state index in [4.69, 9.17) is 11.6 Å². The van der Waals surface area contributed by atoms with Crippen LogP contribution in [0.25, 0.3) is 11.0 Å². The Morgan fingerprint density at radius 2 is 2.35 bits per heavy atom. The van der Waals surface area contributed by atoms with Crippen molar-refractivity contribution in [2.24, 2.45) is 0 Å². The van der Waals surface area contributed by atoms with Crippen molar-refractivity contribution in [3.63, 3.8) is 0 Å². The van der Waals surface area contributed by atoms with Gasteiger partial charge in [-0.2, -0.15) is 0 Å². The molecule has 4 N–H and O–H groups in total. The summed E-state index contributed by atoms with van der Waals surface area (Å²) in [7, 11) is 0. The molecule has 7 nitrogen and oxygen atoms in total. The first kappa shape index (κ1) is 14.2. The molecule has 3 aromatic rings. The fourth-order valence-corrected chi connectivity index (χ4v) is 3.00. The quantitative estimate of drug-likeness (QED) is 0.584. The lowest BCUT2D eigenvalue weighted by Crippen LogP contribution is -2.41. The van der Waals surface area contributed by atoms with Gasteiger partial charge in [-0.1, -0.05) is 11.6 Å². The molecule has 1 aromatic carbocycles. The summed E-state index contributed by atoms with van der Waals surface area (Å²) >= 11 is 5.96. The number of amides is 1. The van der Waals surface area contributed by atoms with Crippen LogP contribution in [0.2, 0.25) is 5.02 Å². The Morgan fingerprint density at radius 3 is 3.26 bits per heavy atom. The SMILES string of the molecule is O=C(NCc1nc2ccc(Cl)cc2[nH]1)[C@@H]1NCCc2[nH]cnc21. The van der Waals surface area contributed by atoms with E-state index in [0.717, 1.165) is 35.4 Å². The van der Waals surface area contributed by atoms with Crippen LogP contribution in [0.1, 0.15) is 23.3 Å². The van der Waals surface area contributed by atoms with Gasteiger partial charge in [0.15, 0.2) is 0 Å². The van der Waals surface area contributed by atoms with Crippen molar-refractivity contribution in [1.82, 2.24) is 30.6 Å². The summed E-state index contributed by atoms with van der Waals surface area (Å²) < 4.78 is 0. The topological polar surface area (TPSA) is 98.5 Å². The van der Waals surface area contributed by atoms with E-state index < -0.39 is 6.04 Å². The van der Waals surface area contributed by atoms with Gasteiger partial charge in [-0.3, -0.25) is 4.79 Å². The summed E-state index contributed by atoms with van der Waals surface area (Å²) in [4.78, 5) is 27.3. The van der Waals surface area contributed by atoms with Crippen molar-refractivity contribution in [3.8, 4) is 0 Å². The average molecular weight is 331 g/mol. The van der Waals surface area contributed by atoms with E-state index in [9.17, 15) is 4.79 Å². The number of H-pyrrole nitrogens is 2. The molecule has 2 aromatic heterocycles. The molecule has 1 atom stereocenters. The maximum absolute atomic E-state index is 12.4. The minimum atomic E-state index is -0.427. The Morgan fingerprint density at radius 1 is 1.43 bits per heavy atom. The Balaban J connectivity index is 1.47. The van der Waals surface area contributed by atoms with Crippen LogP contribution in [0.4, 0.5) is 0 Å². The predicted octanol–water partition coefficient (Wildman–Crippen LogP) is 1.44. The predicted molar refractivity (Wildman–Crippen MR) is 86.0 cm³/mol. The van der Waals surface area contributed by atoms with Gasteiger partial charge in [0, 0.05) is 23.7 Å². The van der Waals surface area contributed by atoms with Gasteiger partial charge < -0.3 is 20.6 Å². The summed E-state index contributed by atoms with van der Waals surface area (Å²) in [5, 5.41) is 6.73. The minimum absolute atomic E-state index is 0.114. The smallest absolute Gasteiger partial charge is 0.243 e. The van der Waals surface area contributed by atoms with E-state index >= 15 is 0 Å². The number of benzene rings is 1. The lowest BCUT2D eigenvalue weighted by molar-refractivity contribution is -0.123. The molecule has 0 spiro atoms. The number of hydrogen-bond donors (Lipinski definition) is 4. The van der Waals surface area contributed by atoms with Gasteiger partial charge in [0.1, 0.15) is 11.9 Å². The molecule has 0 saturated heterocycles. The van der Waals surface area contributed by atoms with E-state index in [-0.39, 0.29) is 5.91 Å². The first-order chi connectivity index (χ1) is 11.2. The van der Waals surface area contributed by atoms with Crippen molar-refractivity contribution < 1.29 is 4.79 Å². The highest BCUT2D eigenvalue weighted by Crippen LogP contribution is 2.20. The number of carbonyl (C=O) groups excluding carboxylic acids is 1. The molecule has 3 heterocycles. The second-order valence-electron chi connectivity index (χ2n) is 5.47. The van der Waals surface area contributed by atoms with Crippen LogP contribution >= 0.6 is 11.6 Å². The molecule has 0 fully saturated rings. The van der Waals surface area contributed by atoms with E-state index in [1.54, 1.807) is 12.4 Å². The lowest BCUT2D eigenvalue weighted by atomic mass is 10.1. The van der Waals surface area contributed by atoms with Gasteiger partial charge in [0.2, 0.25) is 5.91 Å². The largest absolute Gasteiger partial charge is 0.348 e. The molecular weight excluding hydrogens is 316 g/mol. The number of aromatic nitrogens is 4. The van der Waals surface area contributed by atoms with Crippen LogP contribution in [-0.2, 0) is 17.8 Å². The van der Waals surface area contributed by atoms with Crippen LogP contribution in [-0.4, -0.2) is 32.4 Å². The molecule has 0 unspecified atom stereocenters. The summed E-state index contributed by atoms with van der Waals surface area (Å²) in [6.07, 6.45) is 2.48. The maximum atomic E-state index is 12.4. The highest BCUT2D eigenvalue weighted by molar-refractivity contribution is 6.31. The number of imidazole rings is 2. The molecular formula is C15H15ClN6O. The van der Waals surface area contributed by atoms with E-state index in [2.05, 4.69) is 30.6 Å². The second-order valence-corrected chi connectivity index (χ2v) is 5.90. The zero-order chi connectivity index (χ0) is 15.8. The van der Waals surface area contributed by atoms with Crippen LogP contribution in [0, 0.1) is 0 Å². The van der Waals surface area contributed by atoms with E-state index in [1.807, 2.05) is 12.1 Å². The number of carbonyl (C=O) groups is 1. The molecule has 1 aliphatic rings. The molecule has 0 bridgehead atoms. The third kappa shape index (κ3) is 2.69. The monoisotopic (exact) mass is 330 g/mol. The van der Waals surface area contributed by atoms with Crippen LogP contribution in [0.15, 0.2) is 24.5 Å². The van der Waals surface area contributed by atoms with Crippen LogP contribution in [0.5, 0.6) is 0 Å². The summed E-state index contributed by atoms with van der Waals surface area (Å²) in [5.41, 5.74) is 3.46. The fourth-order valence-electron chi connectivity index (χ4n) is 2.83. The standard InChI is InChI=1S/C15H15ClN6O/c16-8-1-2-9-11(5-8)22-12(21-9)6-18-15(23)14-13-10(3-4-17-14)19-7-20-13/h1-2,5,7,14,17H,3-4,6H2,(H,18,23)(H,19,20)(H,21,22)/t14-/m1/s1. The second kappa shape index (κ2) is 5.68. The maximum Gasteiger partial charge on any atom is 0.243 e. The number of nitrogens with zero attached hydrogens (tertiary/aromatic N) is 2. The Kier molecular flexibility index (Phi) is 3.51. The number of aromatic amines is 2. The summed E-state index contributed by atoms with van der Waals surface area (Å²) in [6.45, 7) is 1.07. The fraction of sp³-hybridized carbons (Fsp3) is 0.267. The van der Waals surface area contributed by atoms with Gasteiger partial charge in [0.05, 0.1) is 29.6 Å². The van der Waals surface area contributed by atoms with Gasteiger partial charge in [-0.05, 0) is 18.2 Å². The Hall–Kier alpha value is -2.38. The van der Waals surface area contributed by atoms with Crippen LogP contribution < -0.4 is 10.6 Å². The van der Waals surface area contributed by atoms with Gasteiger partial charge in [-0.15, -0.1) is 0 Å². The first-order valence-electron chi connectivity index (χ1n) is 7.38. The number of nitrogens with one attached hydrogen (secondary N) is 4. The van der Waals surface area contributed by atoms with Crippen molar-refractivity contribution >= 4 is 28.5 Å². The van der Waals surface area contributed by atoms with Crippen molar-refractivity contribution in [2.45, 2.75) is 19.0 Å². The zero-order valence-corrected chi connectivity index (χ0v) is 12.9. The molecule has 1 amide bonds. The Labute approximate surface area is 136 Å². The van der Waals surface area contributed by atoms with Gasteiger partial charge in [0.25, 0.3) is 0 Å². The first-order valence-corrected chi connectivity index (χ1v) is 7.76. The lowest BCUT2D eigenvalue weighted by Gasteiger charge is -2.21. The number of fused-ring (bicyclic) bond motifs is 2. The van der Waals surface area contributed by atoms with Crippen molar-refractivity contribution in [2.75, 3.05) is 6.54 Å². The molecule has 0 saturated carbocycles. The zero-order valence-electron chi connectivity index (χ0n) is 12.2. The normalized spacial score (nSPS) is 17.2. The highest BCUT2D eigenvalue weighted by Gasteiger charge is 2.28. The Bertz CT molecular complexity index is 870. The highest BCUT2D eigenvalue weighted by atomic mass is 35.5. The summed E-state index contributed by atoms with van der Waals surface area (Å²) in [5.74, 6) is 0.574. The molecule has 0 aliphatic carbocycles. The average Bonchev–Trinajstić information content (AvgIpc) is 3.17. The van der Waals surface area contributed by atoms with Crippen LogP contribution in [0.3, 0.4) is 0 Å². The number of halogens is 1.